The van der Waals surface area contributed by atoms with Gasteiger partial charge in [0.05, 0.1) is 48.2 Å². The largest absolute Gasteiger partial charge is 0.480 e. The number of nitrogens with two attached hydrogens (primary N) is 1. The van der Waals surface area contributed by atoms with Gasteiger partial charge in [0.1, 0.15) is 27.8 Å². The average Bonchev–Trinajstić information content (AvgIpc) is 3.34. The molecule has 9 nitrogen and oxygen atoms in total. The zero-order chi connectivity index (χ0) is 25.1. The molecule has 2 N–H and O–H groups in total. The highest BCUT2D eigenvalue weighted by Crippen LogP contribution is 2.36. The number of rotatable bonds is 4. The van der Waals surface area contributed by atoms with E-state index in [4.69, 9.17) is 15.0 Å². The maximum Gasteiger partial charge on any atom is 0.232 e. The van der Waals surface area contributed by atoms with E-state index in [1.807, 2.05) is 0 Å². The molecule has 2 aromatic heterocycles. The Labute approximate surface area is 196 Å². The first-order chi connectivity index (χ1) is 16.2. The highest BCUT2D eigenvalue weighted by molar-refractivity contribution is 7.95. The molecule has 0 amide bonds. The minimum atomic E-state index is -2.74. The summed E-state index contributed by atoms with van der Waals surface area (Å²) in [5.41, 5.74) is 7.93. The van der Waals surface area contributed by atoms with Crippen molar-refractivity contribution in [2.45, 2.75) is 24.6 Å². The molecule has 3 aromatic rings. The Hall–Kier alpha value is -3.41. The summed E-state index contributed by atoms with van der Waals surface area (Å²) in [7, 11) is 0.749. The molecule has 2 unspecified atom stereocenters. The molecule has 1 aromatic carbocycles. The van der Waals surface area contributed by atoms with Gasteiger partial charge in [-0.25, -0.2) is 22.9 Å². The monoisotopic (exact) mass is 492 g/mol. The molecule has 0 fully saturated rings. The number of hydrogen-bond donors (Lipinski definition) is 1. The van der Waals surface area contributed by atoms with Crippen LogP contribution < -0.4 is 10.5 Å². The van der Waals surface area contributed by atoms with Crippen LogP contribution in [0, 0.1) is 5.82 Å². The Morgan fingerprint density at radius 3 is 2.56 bits per heavy atom. The summed E-state index contributed by atoms with van der Waals surface area (Å²) in [5, 5.41) is 4.03. The zero-order valence-electron chi connectivity index (χ0n) is 19.5. The predicted molar refractivity (Wildman–Crippen MR) is 126 cm³/mol. The first kappa shape index (κ1) is 25.2. The maximum absolute atomic E-state index is 14.8. The van der Waals surface area contributed by atoms with Crippen molar-refractivity contribution in [2.24, 2.45) is 15.1 Å². The summed E-state index contributed by atoms with van der Waals surface area (Å²) >= 11 is 0. The normalized spacial score (nSPS) is 21.1. The molecule has 1 aliphatic heterocycles. The van der Waals surface area contributed by atoms with Crippen molar-refractivity contribution in [3.8, 4) is 28.6 Å². The number of amidine groups is 1. The van der Waals surface area contributed by atoms with Crippen LogP contribution in [0.1, 0.15) is 25.5 Å². The second-order valence-electron chi connectivity index (χ2n) is 7.79. The molecule has 0 bridgehead atoms. The van der Waals surface area contributed by atoms with Crippen LogP contribution >= 0.6 is 0 Å². The molecule has 0 saturated carbocycles. The minimum absolute atomic E-state index is 0.0701. The zero-order valence-corrected chi connectivity index (χ0v) is 20.3. The lowest BCUT2D eigenvalue weighted by atomic mass is 10.0. The average molecular weight is 493 g/mol. The summed E-state index contributed by atoms with van der Waals surface area (Å²) in [6.07, 6.45) is 2.99. The molecule has 0 radical (unpaired) electrons. The van der Waals surface area contributed by atoms with E-state index in [1.54, 1.807) is 32.0 Å². The molecule has 12 heteroatoms. The number of hydrogen-bond acceptors (Lipinski definition) is 9. The van der Waals surface area contributed by atoms with E-state index in [-0.39, 0.29) is 17.2 Å². The van der Waals surface area contributed by atoms with E-state index in [1.165, 1.54) is 32.6 Å². The number of alkyl halides is 1. The standard InChI is InChI=1S/C21H23FN6O3S.CH3F/c1-21(2)20(23)27-17(11-32(21,29)24-3)13-7-12(5-6-14(13)22)18-8-15(28-31-18)16-9-26-19(30-4)10-25-16;1-2/h5-10,17H,11H2,1-4H3,(H2,23,27);1H3. The van der Waals surface area contributed by atoms with Crippen LogP contribution in [0.5, 0.6) is 5.88 Å². The van der Waals surface area contributed by atoms with Crippen LogP contribution in [0.3, 0.4) is 0 Å². The molecule has 0 spiro atoms. The lowest BCUT2D eigenvalue weighted by Gasteiger charge is -2.35. The molecule has 34 heavy (non-hydrogen) atoms. The van der Waals surface area contributed by atoms with Crippen molar-refractivity contribution < 1.29 is 22.2 Å². The van der Waals surface area contributed by atoms with E-state index in [2.05, 4.69) is 24.5 Å². The van der Waals surface area contributed by atoms with E-state index in [0.717, 1.165) is 0 Å². The van der Waals surface area contributed by atoms with Crippen molar-refractivity contribution in [3.63, 3.8) is 0 Å². The Morgan fingerprint density at radius 2 is 1.94 bits per heavy atom. The van der Waals surface area contributed by atoms with Gasteiger partial charge < -0.3 is 15.0 Å². The molecule has 0 aliphatic carbocycles. The number of aromatic nitrogens is 3. The van der Waals surface area contributed by atoms with Crippen molar-refractivity contribution in [1.82, 2.24) is 15.1 Å². The summed E-state index contributed by atoms with van der Waals surface area (Å²) < 4.78 is 51.3. The maximum atomic E-state index is 14.8. The fourth-order valence-electron chi connectivity index (χ4n) is 3.45. The van der Waals surface area contributed by atoms with E-state index >= 15 is 0 Å². The molecule has 2 atom stereocenters. The quantitative estimate of drug-likeness (QED) is 0.586. The number of methoxy groups -OCH3 is 1. The van der Waals surface area contributed by atoms with Crippen LogP contribution in [0.25, 0.3) is 22.7 Å². The van der Waals surface area contributed by atoms with Gasteiger partial charge in [-0.05, 0) is 32.0 Å². The van der Waals surface area contributed by atoms with Gasteiger partial charge in [0.15, 0.2) is 5.76 Å². The van der Waals surface area contributed by atoms with Gasteiger partial charge in [-0.15, -0.1) is 0 Å². The van der Waals surface area contributed by atoms with Crippen molar-refractivity contribution >= 4 is 15.6 Å². The third kappa shape index (κ3) is 4.49. The van der Waals surface area contributed by atoms with Crippen LogP contribution in [-0.2, 0) is 9.73 Å². The van der Waals surface area contributed by atoms with Gasteiger partial charge in [-0.2, -0.15) is 0 Å². The topological polar surface area (TPSA) is 129 Å². The number of benzene rings is 1. The highest BCUT2D eigenvalue weighted by atomic mass is 32.2. The Balaban J connectivity index is 0.00000158. The molecule has 0 saturated heterocycles. The van der Waals surface area contributed by atoms with Gasteiger partial charge in [0, 0.05) is 24.2 Å². The third-order valence-corrected chi connectivity index (χ3v) is 8.80. The first-order valence-corrected chi connectivity index (χ1v) is 11.8. The van der Waals surface area contributed by atoms with Gasteiger partial charge in [-0.1, -0.05) is 5.16 Å². The molecule has 3 heterocycles. The summed E-state index contributed by atoms with van der Waals surface area (Å²) in [6, 6.07) is 5.45. The Kier molecular flexibility index (Phi) is 7.29. The third-order valence-electron chi connectivity index (χ3n) is 5.64. The summed E-state index contributed by atoms with van der Waals surface area (Å²) in [4.78, 5) is 12.8. The Morgan fingerprint density at radius 1 is 1.21 bits per heavy atom. The van der Waals surface area contributed by atoms with Crippen LogP contribution in [0.4, 0.5) is 8.78 Å². The molecular formula is C22H26F2N6O3S. The van der Waals surface area contributed by atoms with Gasteiger partial charge in [-0.3, -0.25) is 9.38 Å². The second kappa shape index (κ2) is 9.84. The van der Waals surface area contributed by atoms with Crippen molar-refractivity contribution in [3.05, 3.63) is 48.0 Å². The van der Waals surface area contributed by atoms with E-state index < -0.39 is 26.3 Å². The second-order valence-corrected chi connectivity index (χ2v) is 10.8. The summed E-state index contributed by atoms with van der Waals surface area (Å²) in [6.45, 7) is 3.48. The SMILES string of the molecule is CF.CN=S1(=O)CC(c2cc(-c3cc(-c4cnc(OC)cn4)no3)ccc2F)N=C(N)C1(C)C. The van der Waals surface area contributed by atoms with Crippen molar-refractivity contribution in [2.75, 3.05) is 27.1 Å². The number of ether oxygens (including phenoxy) is 1. The molecule has 1 aliphatic rings. The molecule has 4 rings (SSSR count). The Bertz CT molecular complexity index is 1310. The summed E-state index contributed by atoms with van der Waals surface area (Å²) in [5.74, 6) is 0.572. The molecule has 182 valence electrons. The molecular weight excluding hydrogens is 466 g/mol. The predicted octanol–water partition coefficient (Wildman–Crippen LogP) is 3.82. The fourth-order valence-corrected chi connectivity index (χ4v) is 5.53. The lowest BCUT2D eigenvalue weighted by molar-refractivity contribution is 0.395. The van der Waals surface area contributed by atoms with E-state index in [9.17, 15) is 13.0 Å². The fraction of sp³-hybridized carbons (Fsp3) is 0.364. The van der Waals surface area contributed by atoms with Gasteiger partial charge >= 0.3 is 0 Å². The first-order valence-electron chi connectivity index (χ1n) is 10.2. The van der Waals surface area contributed by atoms with Crippen molar-refractivity contribution in [1.29, 1.82) is 0 Å². The lowest BCUT2D eigenvalue weighted by Crippen LogP contribution is -2.50. The van der Waals surface area contributed by atoms with E-state index in [0.29, 0.717) is 35.8 Å². The number of halogens is 2. The van der Waals surface area contributed by atoms with Gasteiger partial charge in [0.25, 0.3) is 0 Å². The van der Waals surface area contributed by atoms with Gasteiger partial charge in [0.2, 0.25) is 5.88 Å². The van der Waals surface area contributed by atoms with Crippen LogP contribution in [0.2, 0.25) is 0 Å². The minimum Gasteiger partial charge on any atom is -0.480 e. The van der Waals surface area contributed by atoms with Crippen LogP contribution in [-0.4, -0.2) is 57.0 Å². The highest BCUT2D eigenvalue weighted by Gasteiger charge is 2.42. The number of aliphatic imine (C=N–C) groups is 1. The number of nitrogens with zero attached hydrogens (tertiary/aromatic N) is 5. The van der Waals surface area contributed by atoms with Crippen LogP contribution in [0.15, 0.2) is 50.5 Å². The smallest absolute Gasteiger partial charge is 0.232 e.